The molecule has 0 radical (unpaired) electrons. The Morgan fingerprint density at radius 3 is 2.55 bits per heavy atom. The lowest BCUT2D eigenvalue weighted by molar-refractivity contribution is -0.118. The van der Waals surface area contributed by atoms with Gasteiger partial charge in [-0.2, -0.15) is 0 Å². The summed E-state index contributed by atoms with van der Waals surface area (Å²) in [6.45, 7) is 9.18. The van der Waals surface area contributed by atoms with Gasteiger partial charge in [0.05, 0.1) is 0 Å². The molecule has 10 heteroatoms. The number of likely N-dealkylation sites (tertiary alicyclic amines) is 1. The van der Waals surface area contributed by atoms with Crippen LogP contribution >= 0.6 is 0 Å². The second-order valence-corrected chi connectivity index (χ2v) is 10.2. The van der Waals surface area contributed by atoms with Gasteiger partial charge in [0.15, 0.2) is 5.83 Å². The van der Waals surface area contributed by atoms with Crippen LogP contribution in [0.1, 0.15) is 58.4 Å². The van der Waals surface area contributed by atoms with Crippen LogP contribution in [0.3, 0.4) is 0 Å². The topological polar surface area (TPSA) is 91.0 Å². The molecule has 0 unspecified atom stereocenters. The first-order chi connectivity index (χ1) is 18.1. The molecule has 0 aromatic heterocycles. The average Bonchev–Trinajstić information content (AvgIpc) is 3.28. The summed E-state index contributed by atoms with van der Waals surface area (Å²) >= 11 is 0. The molecule has 2 N–H and O–H groups in total. The molecule has 1 aromatic carbocycles. The van der Waals surface area contributed by atoms with Crippen molar-refractivity contribution >= 4 is 23.7 Å². The number of nitrogens with one attached hydrogen (secondary N) is 2. The summed E-state index contributed by atoms with van der Waals surface area (Å²) in [6.07, 6.45) is 2.88. The normalized spacial score (nSPS) is 19.9. The molecule has 38 heavy (non-hydrogen) atoms. The van der Waals surface area contributed by atoms with Crippen molar-refractivity contribution in [1.82, 2.24) is 15.1 Å². The monoisotopic (exact) mass is 532 g/mol. The van der Waals surface area contributed by atoms with Crippen LogP contribution in [0.5, 0.6) is 0 Å². The summed E-state index contributed by atoms with van der Waals surface area (Å²) in [5.74, 6) is -1.66. The Hall–Kier alpha value is -3.27. The Kier molecular flexibility index (Phi) is 10.4. The number of hydrogen-bond donors (Lipinski definition) is 2. The number of benzene rings is 1. The number of cyclic esters (lactones) is 1. The first-order valence-electron chi connectivity index (χ1n) is 13.1. The van der Waals surface area contributed by atoms with E-state index in [1.165, 1.54) is 12.5 Å². The van der Waals surface area contributed by atoms with Crippen molar-refractivity contribution in [3.63, 3.8) is 0 Å². The minimum atomic E-state index is -1.04. The van der Waals surface area contributed by atoms with E-state index >= 15 is 0 Å². The number of piperidine rings is 1. The Morgan fingerprint density at radius 2 is 1.89 bits per heavy atom. The lowest BCUT2D eigenvalue weighted by atomic mass is 9.89. The smallest absolute Gasteiger partial charge is 0.418 e. The summed E-state index contributed by atoms with van der Waals surface area (Å²) in [5, 5.41) is 5.70. The van der Waals surface area contributed by atoms with Gasteiger partial charge in [0.1, 0.15) is 18.5 Å². The molecule has 0 saturated carbocycles. The van der Waals surface area contributed by atoms with Crippen LogP contribution in [-0.2, 0) is 9.53 Å². The number of anilines is 1. The van der Waals surface area contributed by atoms with Crippen molar-refractivity contribution < 1.29 is 27.9 Å². The molecule has 0 spiro atoms. The number of rotatable bonds is 9. The predicted octanol–water partition coefficient (Wildman–Crippen LogP) is 5.50. The molecular weight excluding hydrogens is 494 g/mol. The zero-order valence-corrected chi connectivity index (χ0v) is 22.6. The van der Waals surface area contributed by atoms with E-state index in [4.69, 9.17) is 4.74 Å². The van der Waals surface area contributed by atoms with Gasteiger partial charge in [-0.25, -0.2) is 23.3 Å². The largest absolute Gasteiger partial charge is 0.446 e. The fraction of sp³-hybridized carbons (Fsp3) is 0.536. The van der Waals surface area contributed by atoms with Crippen LogP contribution in [0.15, 0.2) is 47.6 Å². The van der Waals surface area contributed by atoms with E-state index in [1.54, 1.807) is 0 Å². The molecule has 2 aliphatic rings. The van der Waals surface area contributed by atoms with Crippen molar-refractivity contribution in [2.24, 2.45) is 5.92 Å². The number of hydrogen-bond acceptors (Lipinski definition) is 5. The summed E-state index contributed by atoms with van der Waals surface area (Å²) in [6, 6.07) is 6.66. The van der Waals surface area contributed by atoms with Crippen LogP contribution in [0.25, 0.3) is 0 Å². The van der Waals surface area contributed by atoms with E-state index in [0.29, 0.717) is 24.5 Å². The molecule has 2 heterocycles. The number of nitrogens with zero attached hydrogens (tertiary/aromatic N) is 2. The first-order valence-corrected chi connectivity index (χ1v) is 13.1. The quantitative estimate of drug-likeness (QED) is 0.324. The SMILES string of the molecule is C/C(F)=C(F)\C=C(/C)[C@@H]1COC(=O)N1C(=O)NCCCN1CCC(c2cccc(NC(=O)C(C)C)c2)CC1. The third-order valence-corrected chi connectivity index (χ3v) is 6.97. The van der Waals surface area contributed by atoms with Gasteiger partial charge in [0.25, 0.3) is 0 Å². The number of imide groups is 1. The van der Waals surface area contributed by atoms with E-state index in [-0.39, 0.29) is 18.4 Å². The number of urea groups is 1. The van der Waals surface area contributed by atoms with E-state index in [1.807, 2.05) is 26.0 Å². The van der Waals surface area contributed by atoms with E-state index in [2.05, 4.69) is 27.7 Å². The minimum absolute atomic E-state index is 0.00531. The summed E-state index contributed by atoms with van der Waals surface area (Å²) in [5.41, 5.74) is 2.37. The van der Waals surface area contributed by atoms with E-state index in [0.717, 1.165) is 56.1 Å². The van der Waals surface area contributed by atoms with Gasteiger partial charge in [-0.05, 0) is 88.0 Å². The number of halogens is 2. The third kappa shape index (κ3) is 7.86. The van der Waals surface area contributed by atoms with Crippen LogP contribution in [0.2, 0.25) is 0 Å². The molecule has 2 fully saturated rings. The molecule has 1 atom stereocenters. The molecule has 208 valence electrons. The van der Waals surface area contributed by atoms with Crippen LogP contribution in [-0.4, -0.2) is 66.7 Å². The summed E-state index contributed by atoms with van der Waals surface area (Å²) < 4.78 is 31.7. The lowest BCUT2D eigenvalue weighted by Crippen LogP contribution is -2.46. The van der Waals surface area contributed by atoms with Gasteiger partial charge in [0, 0.05) is 18.2 Å². The molecule has 1 aromatic rings. The molecule has 0 aliphatic carbocycles. The Labute approximate surface area is 223 Å². The van der Waals surface area contributed by atoms with Crippen LogP contribution in [0, 0.1) is 5.92 Å². The Bertz CT molecular complexity index is 1080. The van der Waals surface area contributed by atoms with Crippen LogP contribution < -0.4 is 10.6 Å². The maximum atomic E-state index is 13.7. The van der Waals surface area contributed by atoms with Crippen molar-refractivity contribution in [3.05, 3.63) is 53.1 Å². The zero-order valence-electron chi connectivity index (χ0n) is 22.6. The van der Waals surface area contributed by atoms with Gasteiger partial charge in [-0.1, -0.05) is 26.0 Å². The van der Waals surface area contributed by atoms with Gasteiger partial charge < -0.3 is 20.3 Å². The summed E-state index contributed by atoms with van der Waals surface area (Å²) in [4.78, 5) is 40.0. The highest BCUT2D eigenvalue weighted by molar-refractivity contribution is 5.93. The number of carbonyl (C=O) groups excluding carboxylic acids is 3. The fourth-order valence-electron chi connectivity index (χ4n) is 4.61. The maximum absolute atomic E-state index is 13.7. The number of allylic oxidation sites excluding steroid dienone is 3. The Balaban J connectivity index is 1.42. The second kappa shape index (κ2) is 13.5. The van der Waals surface area contributed by atoms with Crippen molar-refractivity contribution in [2.75, 3.05) is 38.1 Å². The molecule has 8 nitrogen and oxygen atoms in total. The van der Waals surface area contributed by atoms with Crippen molar-refractivity contribution in [2.45, 2.75) is 58.9 Å². The molecule has 2 aliphatic heterocycles. The van der Waals surface area contributed by atoms with Crippen molar-refractivity contribution in [3.8, 4) is 0 Å². The Morgan fingerprint density at radius 1 is 1.18 bits per heavy atom. The lowest BCUT2D eigenvalue weighted by Gasteiger charge is -2.32. The number of ether oxygens (including phenoxy) is 1. The van der Waals surface area contributed by atoms with Gasteiger partial charge in [-0.15, -0.1) is 0 Å². The fourth-order valence-corrected chi connectivity index (χ4v) is 4.61. The van der Waals surface area contributed by atoms with E-state index in [9.17, 15) is 23.2 Å². The second-order valence-electron chi connectivity index (χ2n) is 10.2. The minimum Gasteiger partial charge on any atom is -0.446 e. The maximum Gasteiger partial charge on any atom is 0.418 e. The first kappa shape index (κ1) is 29.3. The molecule has 4 amide bonds. The van der Waals surface area contributed by atoms with Crippen LogP contribution in [0.4, 0.5) is 24.1 Å². The standard InChI is InChI=1S/C28H38F2N4O4/c1-18(2)26(35)32-23-8-5-7-22(16-23)21-9-13-33(14-10-21)12-6-11-31-27(36)34-25(17-38-28(34)37)19(3)15-24(30)20(4)29/h5,7-8,15-16,18,21,25H,6,9-14,17H2,1-4H3,(H,31,36)(H,32,35)/b19-15+,24-20-/t25-/m0/s1. The highest BCUT2D eigenvalue weighted by Crippen LogP contribution is 2.30. The average molecular weight is 533 g/mol. The van der Waals surface area contributed by atoms with E-state index < -0.39 is 29.8 Å². The molecule has 2 saturated heterocycles. The molecular formula is C28H38F2N4O4. The van der Waals surface area contributed by atoms with Gasteiger partial charge in [0.2, 0.25) is 5.91 Å². The highest BCUT2D eigenvalue weighted by atomic mass is 19.2. The predicted molar refractivity (Wildman–Crippen MR) is 142 cm³/mol. The zero-order chi connectivity index (χ0) is 27.8. The van der Waals surface area contributed by atoms with Gasteiger partial charge in [-0.3, -0.25) is 4.79 Å². The number of carbonyl (C=O) groups is 3. The number of amides is 4. The third-order valence-electron chi connectivity index (χ3n) is 6.97. The highest BCUT2D eigenvalue weighted by Gasteiger charge is 2.39. The molecule has 0 bridgehead atoms. The van der Waals surface area contributed by atoms with Crippen molar-refractivity contribution in [1.29, 1.82) is 0 Å². The summed E-state index contributed by atoms with van der Waals surface area (Å²) in [7, 11) is 0. The van der Waals surface area contributed by atoms with Gasteiger partial charge >= 0.3 is 12.1 Å². The molecule has 3 rings (SSSR count).